The van der Waals surface area contributed by atoms with Gasteiger partial charge in [-0.2, -0.15) is 0 Å². The van der Waals surface area contributed by atoms with Gasteiger partial charge in [-0.05, 0) is 22.8 Å². The lowest BCUT2D eigenvalue weighted by Gasteiger charge is -1.88. The molecule has 0 aliphatic heterocycles. The average molecular weight is 161 g/mol. The normalized spacial score (nSPS) is 13.0. The predicted molar refractivity (Wildman–Crippen MR) is 38.7 cm³/mol. The summed E-state index contributed by atoms with van der Waals surface area (Å²) in [6.45, 7) is 0. The second-order valence-corrected chi connectivity index (χ2v) is 3.30. The van der Waals surface area contributed by atoms with Crippen LogP contribution in [0.15, 0.2) is 35.2 Å². The van der Waals surface area contributed by atoms with Crippen LogP contribution in [0.5, 0.6) is 0 Å². The molecule has 1 nitrogen and oxygen atoms in total. The highest BCUT2D eigenvalue weighted by Gasteiger charge is 1.93. The highest BCUT2D eigenvalue weighted by Crippen LogP contribution is 2.07. The van der Waals surface area contributed by atoms with Crippen LogP contribution in [0.1, 0.15) is 0 Å². The summed E-state index contributed by atoms with van der Waals surface area (Å²) in [6, 6.07) is 8.91. The number of hydrogen-bond donors (Lipinski definition) is 0. The Balaban J connectivity index is 2.98. The van der Waals surface area contributed by atoms with Crippen LogP contribution in [0.2, 0.25) is 0 Å². The quantitative estimate of drug-likeness (QED) is 0.574. The molecule has 9 heavy (non-hydrogen) atoms. The summed E-state index contributed by atoms with van der Waals surface area (Å²) in [6.07, 6.45) is 0. The monoisotopic (exact) mass is 160 g/mol. The Morgan fingerprint density at radius 1 is 1.22 bits per heavy atom. The van der Waals surface area contributed by atoms with Crippen LogP contribution < -0.4 is 0 Å². The molecule has 0 radical (unpaired) electrons. The van der Waals surface area contributed by atoms with Crippen LogP contribution in [-0.2, 0) is 10.0 Å². The van der Waals surface area contributed by atoms with Crippen LogP contribution in [0.25, 0.3) is 0 Å². The standard InChI is InChI=1S/C6H5ClOS/c7-9(8)6-4-2-1-3-5-6/h1-5H/t9-/m0/s1. The van der Waals surface area contributed by atoms with Gasteiger partial charge in [-0.15, -0.1) is 0 Å². The molecular weight excluding hydrogens is 156 g/mol. The second kappa shape index (κ2) is 2.99. The summed E-state index contributed by atoms with van der Waals surface area (Å²) in [5.74, 6) is 0. The zero-order chi connectivity index (χ0) is 6.69. The summed E-state index contributed by atoms with van der Waals surface area (Å²) in [5.41, 5.74) is 0. The van der Waals surface area contributed by atoms with E-state index in [1.165, 1.54) is 0 Å². The Bertz CT molecular complexity index is 210. The molecule has 0 N–H and O–H groups in total. The first-order valence-corrected chi connectivity index (χ1v) is 4.41. The van der Waals surface area contributed by atoms with Crippen molar-refractivity contribution in [3.8, 4) is 0 Å². The van der Waals surface area contributed by atoms with E-state index in [-0.39, 0.29) is 0 Å². The molecule has 0 unspecified atom stereocenters. The van der Waals surface area contributed by atoms with Crippen molar-refractivity contribution in [2.24, 2.45) is 0 Å². The number of benzene rings is 1. The molecule has 0 amide bonds. The minimum Gasteiger partial charge on any atom is -0.237 e. The fraction of sp³-hybridized carbons (Fsp3) is 0. The van der Waals surface area contributed by atoms with Gasteiger partial charge in [0.1, 0.15) is 10.0 Å². The maximum absolute atomic E-state index is 10.5. The lowest BCUT2D eigenvalue weighted by Crippen LogP contribution is -1.77. The molecule has 1 aromatic rings. The van der Waals surface area contributed by atoms with E-state index < -0.39 is 10.0 Å². The molecule has 0 saturated carbocycles. The van der Waals surface area contributed by atoms with Crippen molar-refractivity contribution < 1.29 is 4.21 Å². The van der Waals surface area contributed by atoms with Gasteiger partial charge >= 0.3 is 0 Å². The zero-order valence-electron chi connectivity index (χ0n) is 4.58. The van der Waals surface area contributed by atoms with E-state index in [4.69, 9.17) is 10.7 Å². The van der Waals surface area contributed by atoms with E-state index in [1.807, 2.05) is 6.07 Å². The third kappa shape index (κ3) is 1.80. The van der Waals surface area contributed by atoms with Crippen molar-refractivity contribution >= 4 is 20.7 Å². The van der Waals surface area contributed by atoms with E-state index >= 15 is 0 Å². The lowest BCUT2D eigenvalue weighted by atomic mass is 10.4. The topological polar surface area (TPSA) is 17.1 Å². The largest absolute Gasteiger partial charge is 0.237 e. The molecule has 0 aromatic heterocycles. The smallest absolute Gasteiger partial charge is 0.147 e. The van der Waals surface area contributed by atoms with Gasteiger partial charge in [0.2, 0.25) is 0 Å². The number of rotatable bonds is 1. The number of halogens is 1. The van der Waals surface area contributed by atoms with E-state index in [0.29, 0.717) is 4.90 Å². The Hall–Kier alpha value is -0.340. The molecule has 0 aliphatic carbocycles. The van der Waals surface area contributed by atoms with Crippen LogP contribution >= 0.6 is 10.7 Å². The molecule has 1 atom stereocenters. The first-order chi connectivity index (χ1) is 4.30. The molecule has 3 heteroatoms. The molecule has 48 valence electrons. The second-order valence-electron chi connectivity index (χ2n) is 1.54. The summed E-state index contributed by atoms with van der Waals surface area (Å²) in [7, 11) is 3.92. The van der Waals surface area contributed by atoms with Crippen LogP contribution in [0.3, 0.4) is 0 Å². The van der Waals surface area contributed by atoms with Crippen LogP contribution in [-0.4, -0.2) is 4.21 Å². The molecule has 0 heterocycles. The fourth-order valence-corrected chi connectivity index (χ4v) is 1.21. The van der Waals surface area contributed by atoms with E-state index in [1.54, 1.807) is 24.3 Å². The van der Waals surface area contributed by atoms with Gasteiger partial charge in [-0.3, -0.25) is 0 Å². The van der Waals surface area contributed by atoms with E-state index in [9.17, 15) is 4.21 Å². The Morgan fingerprint density at radius 2 is 1.78 bits per heavy atom. The maximum Gasteiger partial charge on any atom is 0.147 e. The van der Waals surface area contributed by atoms with Crippen molar-refractivity contribution in [2.45, 2.75) is 4.90 Å². The summed E-state index contributed by atoms with van der Waals surface area (Å²) < 4.78 is 10.5. The molecule has 0 saturated heterocycles. The summed E-state index contributed by atoms with van der Waals surface area (Å²) >= 11 is 0. The molecule has 0 fully saturated rings. The van der Waals surface area contributed by atoms with Crippen molar-refractivity contribution in [2.75, 3.05) is 0 Å². The van der Waals surface area contributed by atoms with Crippen molar-refractivity contribution in [1.82, 2.24) is 0 Å². The van der Waals surface area contributed by atoms with Gasteiger partial charge < -0.3 is 0 Å². The van der Waals surface area contributed by atoms with Gasteiger partial charge in [-0.1, -0.05) is 18.2 Å². The minimum absolute atomic E-state index is 0.652. The highest BCUT2D eigenvalue weighted by molar-refractivity contribution is 8.08. The predicted octanol–water partition coefficient (Wildman–Crippen LogP) is 1.95. The van der Waals surface area contributed by atoms with E-state index in [2.05, 4.69) is 0 Å². The summed E-state index contributed by atoms with van der Waals surface area (Å²) in [4.78, 5) is 0.652. The van der Waals surface area contributed by atoms with Gasteiger partial charge in [0.25, 0.3) is 0 Å². The molecule has 1 aromatic carbocycles. The first kappa shape index (κ1) is 6.78. The average Bonchev–Trinajstić information content (AvgIpc) is 1.90. The van der Waals surface area contributed by atoms with Gasteiger partial charge in [0.15, 0.2) is 0 Å². The van der Waals surface area contributed by atoms with Gasteiger partial charge in [0.05, 0.1) is 4.90 Å². The Labute approximate surface area is 60.6 Å². The third-order valence-corrected chi connectivity index (χ3v) is 2.11. The van der Waals surface area contributed by atoms with Crippen LogP contribution in [0, 0.1) is 0 Å². The molecular formula is C6H5ClOS. The van der Waals surface area contributed by atoms with Crippen molar-refractivity contribution in [3.63, 3.8) is 0 Å². The highest BCUT2D eigenvalue weighted by atomic mass is 35.7. The lowest BCUT2D eigenvalue weighted by molar-refractivity contribution is 0.691. The van der Waals surface area contributed by atoms with Crippen LogP contribution in [0.4, 0.5) is 0 Å². The van der Waals surface area contributed by atoms with Gasteiger partial charge in [-0.25, -0.2) is 4.21 Å². The fourth-order valence-electron chi connectivity index (χ4n) is 0.527. The first-order valence-electron chi connectivity index (χ1n) is 2.44. The van der Waals surface area contributed by atoms with Crippen molar-refractivity contribution in [3.05, 3.63) is 30.3 Å². The maximum atomic E-state index is 10.5. The Kier molecular flexibility index (Phi) is 2.25. The molecule has 0 spiro atoms. The minimum atomic E-state index is -1.36. The van der Waals surface area contributed by atoms with E-state index in [0.717, 1.165) is 0 Å². The molecule has 0 bridgehead atoms. The molecule has 1 rings (SSSR count). The number of hydrogen-bond acceptors (Lipinski definition) is 1. The SMILES string of the molecule is O=[S@](Cl)c1ccccc1. The van der Waals surface area contributed by atoms with Crippen molar-refractivity contribution in [1.29, 1.82) is 0 Å². The summed E-state index contributed by atoms with van der Waals surface area (Å²) in [5, 5.41) is 0. The third-order valence-electron chi connectivity index (χ3n) is 0.929. The Morgan fingerprint density at radius 3 is 2.11 bits per heavy atom. The zero-order valence-corrected chi connectivity index (χ0v) is 6.15. The molecule has 0 aliphatic rings. The van der Waals surface area contributed by atoms with Gasteiger partial charge in [0, 0.05) is 0 Å².